The van der Waals surface area contributed by atoms with Gasteiger partial charge < -0.3 is 19.5 Å². The van der Waals surface area contributed by atoms with Gasteiger partial charge in [0.2, 0.25) is 0 Å². The molecule has 1 N–H and O–H groups in total. The molecule has 1 saturated carbocycles. The van der Waals surface area contributed by atoms with Gasteiger partial charge in [0.05, 0.1) is 18.2 Å². The topological polar surface area (TPSA) is 39.7 Å². The Labute approximate surface area is 141 Å². The minimum atomic E-state index is 0. The van der Waals surface area contributed by atoms with Crippen molar-refractivity contribution in [1.29, 1.82) is 0 Å². The highest BCUT2D eigenvalue weighted by molar-refractivity contribution is 9.10. The number of ether oxygens (including phenoxy) is 3. The summed E-state index contributed by atoms with van der Waals surface area (Å²) in [4.78, 5) is 0. The highest BCUT2D eigenvalue weighted by Crippen LogP contribution is 2.36. The second-order valence-corrected chi connectivity index (χ2v) is 5.81. The zero-order valence-electron chi connectivity index (χ0n) is 12.5. The van der Waals surface area contributed by atoms with Crippen LogP contribution in [-0.2, 0) is 11.3 Å². The van der Waals surface area contributed by atoms with Crippen LogP contribution in [0.4, 0.5) is 0 Å². The molecule has 0 aliphatic heterocycles. The number of nitrogens with one attached hydrogen (secondary N) is 1. The van der Waals surface area contributed by atoms with Crippen LogP contribution in [0.15, 0.2) is 16.6 Å². The van der Waals surface area contributed by atoms with Crippen LogP contribution in [0.3, 0.4) is 0 Å². The Bertz CT molecular complexity index is 441. The lowest BCUT2D eigenvalue weighted by Gasteiger charge is -2.14. The van der Waals surface area contributed by atoms with Crippen molar-refractivity contribution in [2.45, 2.75) is 31.8 Å². The summed E-state index contributed by atoms with van der Waals surface area (Å²) in [6.07, 6.45) is 3.44. The van der Waals surface area contributed by atoms with Gasteiger partial charge in [-0.15, -0.1) is 12.4 Å². The van der Waals surface area contributed by atoms with Crippen LogP contribution >= 0.6 is 28.3 Å². The highest BCUT2D eigenvalue weighted by atomic mass is 79.9. The maximum atomic E-state index is 5.81. The molecule has 1 aromatic rings. The summed E-state index contributed by atoms with van der Waals surface area (Å²) in [5.74, 6) is 1.53. The van der Waals surface area contributed by atoms with Crippen molar-refractivity contribution in [2.24, 2.45) is 0 Å². The second kappa shape index (κ2) is 9.51. The molecule has 0 radical (unpaired) electrons. The molecule has 1 aliphatic rings. The van der Waals surface area contributed by atoms with Crippen molar-refractivity contribution in [3.05, 3.63) is 22.2 Å². The summed E-state index contributed by atoms with van der Waals surface area (Å²) < 4.78 is 17.2. The van der Waals surface area contributed by atoms with Gasteiger partial charge >= 0.3 is 0 Å². The number of halogens is 2. The van der Waals surface area contributed by atoms with Crippen molar-refractivity contribution >= 4 is 28.3 Å². The van der Waals surface area contributed by atoms with Gasteiger partial charge in [-0.3, -0.25) is 0 Å². The zero-order chi connectivity index (χ0) is 14.4. The van der Waals surface area contributed by atoms with Crippen LogP contribution in [0.1, 0.15) is 24.8 Å². The van der Waals surface area contributed by atoms with Gasteiger partial charge in [-0.25, -0.2) is 0 Å². The Balaban J connectivity index is 0.00000220. The molecule has 0 atom stereocenters. The maximum Gasteiger partial charge on any atom is 0.174 e. The normalized spacial score (nSPS) is 13.7. The van der Waals surface area contributed by atoms with E-state index >= 15 is 0 Å². The van der Waals surface area contributed by atoms with Crippen LogP contribution < -0.4 is 14.8 Å². The second-order valence-electron chi connectivity index (χ2n) is 4.96. The first kappa shape index (κ1) is 18.6. The molecule has 0 saturated heterocycles. The van der Waals surface area contributed by atoms with Crippen LogP contribution in [0, 0.1) is 0 Å². The van der Waals surface area contributed by atoms with Gasteiger partial charge in [0, 0.05) is 32.7 Å². The Morgan fingerprint density at radius 3 is 2.62 bits per heavy atom. The van der Waals surface area contributed by atoms with E-state index in [0.717, 1.165) is 28.9 Å². The Hall–Kier alpha value is -0.490. The molecule has 0 bridgehead atoms. The van der Waals surface area contributed by atoms with Crippen molar-refractivity contribution in [3.63, 3.8) is 0 Å². The lowest BCUT2D eigenvalue weighted by molar-refractivity contribution is 0.170. The third-order valence-corrected chi connectivity index (χ3v) is 3.79. The average molecular weight is 381 g/mol. The van der Waals surface area contributed by atoms with E-state index in [1.54, 1.807) is 14.2 Å². The Morgan fingerprint density at radius 2 is 2.00 bits per heavy atom. The number of methoxy groups -OCH3 is 2. The van der Waals surface area contributed by atoms with Crippen LogP contribution in [0.5, 0.6) is 11.5 Å². The molecule has 1 aliphatic carbocycles. The molecule has 1 aromatic carbocycles. The van der Waals surface area contributed by atoms with E-state index in [1.807, 2.05) is 6.07 Å². The first-order chi connectivity index (χ1) is 9.74. The summed E-state index contributed by atoms with van der Waals surface area (Å²) >= 11 is 3.55. The molecule has 4 nitrogen and oxygen atoms in total. The maximum absolute atomic E-state index is 5.81. The lowest BCUT2D eigenvalue weighted by Crippen LogP contribution is -2.15. The molecular formula is C15H23BrClNO3. The van der Waals surface area contributed by atoms with Crippen molar-refractivity contribution in [1.82, 2.24) is 5.32 Å². The molecule has 0 aromatic heterocycles. The van der Waals surface area contributed by atoms with E-state index < -0.39 is 0 Å². The van der Waals surface area contributed by atoms with Gasteiger partial charge in [-0.1, -0.05) is 0 Å². The molecule has 1 fully saturated rings. The summed E-state index contributed by atoms with van der Waals surface area (Å²) in [7, 11) is 3.35. The van der Waals surface area contributed by atoms with Gasteiger partial charge in [-0.05, 0) is 46.5 Å². The summed E-state index contributed by atoms with van der Waals surface area (Å²) in [6, 6.07) is 4.82. The van der Waals surface area contributed by atoms with Gasteiger partial charge in [-0.2, -0.15) is 0 Å². The van der Waals surface area contributed by atoms with Crippen molar-refractivity contribution in [2.75, 3.05) is 27.4 Å². The molecular weight excluding hydrogens is 358 g/mol. The zero-order valence-corrected chi connectivity index (χ0v) is 14.9. The number of benzene rings is 1. The van der Waals surface area contributed by atoms with Crippen molar-refractivity contribution < 1.29 is 14.2 Å². The Kier molecular flexibility index (Phi) is 8.41. The van der Waals surface area contributed by atoms with E-state index in [1.165, 1.54) is 18.4 Å². The molecule has 6 heteroatoms. The van der Waals surface area contributed by atoms with E-state index in [2.05, 4.69) is 27.3 Å². The van der Waals surface area contributed by atoms with Gasteiger partial charge in [0.1, 0.15) is 0 Å². The fourth-order valence-corrected chi connectivity index (χ4v) is 2.62. The van der Waals surface area contributed by atoms with E-state index in [9.17, 15) is 0 Å². The monoisotopic (exact) mass is 379 g/mol. The number of hydrogen-bond acceptors (Lipinski definition) is 4. The SMILES string of the molecule is COCCCOc1cc(CNC2CC2)cc(Br)c1OC.Cl. The first-order valence-electron chi connectivity index (χ1n) is 6.96. The lowest BCUT2D eigenvalue weighted by atomic mass is 10.2. The van der Waals surface area contributed by atoms with E-state index in [0.29, 0.717) is 19.3 Å². The van der Waals surface area contributed by atoms with Crippen molar-refractivity contribution in [3.8, 4) is 11.5 Å². The average Bonchev–Trinajstić information content (AvgIpc) is 3.25. The molecule has 2 rings (SSSR count). The summed E-state index contributed by atoms with van der Waals surface area (Å²) in [5, 5.41) is 3.50. The third-order valence-electron chi connectivity index (χ3n) is 3.20. The first-order valence-corrected chi connectivity index (χ1v) is 7.75. The summed E-state index contributed by atoms with van der Waals surface area (Å²) in [6.45, 7) is 2.18. The molecule has 21 heavy (non-hydrogen) atoms. The van der Waals surface area contributed by atoms with E-state index in [-0.39, 0.29) is 12.4 Å². The number of hydrogen-bond donors (Lipinski definition) is 1. The summed E-state index contributed by atoms with van der Waals surface area (Å²) in [5.41, 5.74) is 1.20. The predicted molar refractivity (Wildman–Crippen MR) is 89.8 cm³/mol. The molecule has 0 unspecified atom stereocenters. The minimum Gasteiger partial charge on any atom is -0.492 e. The molecule has 0 amide bonds. The largest absolute Gasteiger partial charge is 0.492 e. The van der Waals surface area contributed by atoms with Crippen LogP contribution in [0.2, 0.25) is 0 Å². The highest BCUT2D eigenvalue weighted by Gasteiger charge is 2.20. The molecule has 0 spiro atoms. The fourth-order valence-electron chi connectivity index (χ4n) is 1.96. The predicted octanol–water partition coefficient (Wildman–Crippen LogP) is 3.55. The Morgan fingerprint density at radius 1 is 1.24 bits per heavy atom. The van der Waals surface area contributed by atoms with Gasteiger partial charge in [0.25, 0.3) is 0 Å². The minimum absolute atomic E-state index is 0. The smallest absolute Gasteiger partial charge is 0.174 e. The quantitative estimate of drug-likeness (QED) is 0.665. The third kappa shape index (κ3) is 6.02. The van der Waals surface area contributed by atoms with E-state index in [4.69, 9.17) is 14.2 Å². The standard InChI is InChI=1S/C15H22BrNO3.ClH/c1-18-6-3-7-20-14-9-11(10-17-12-4-5-12)8-13(16)15(14)19-2;/h8-9,12,17H,3-7,10H2,1-2H3;1H. The van der Waals surface area contributed by atoms with Crippen LogP contribution in [0.25, 0.3) is 0 Å². The number of rotatable bonds is 9. The van der Waals surface area contributed by atoms with Gasteiger partial charge in [0.15, 0.2) is 11.5 Å². The molecule has 120 valence electrons. The van der Waals surface area contributed by atoms with Crippen LogP contribution in [-0.4, -0.2) is 33.5 Å². The molecule has 0 heterocycles. The fraction of sp³-hybridized carbons (Fsp3) is 0.600.